The molecule has 0 amide bonds. The van der Waals surface area contributed by atoms with Crippen molar-refractivity contribution >= 4 is 5.65 Å². The molecule has 0 radical (unpaired) electrons. The van der Waals surface area contributed by atoms with Gasteiger partial charge >= 0.3 is 0 Å². The summed E-state index contributed by atoms with van der Waals surface area (Å²) in [6.45, 7) is 4.50. The average Bonchev–Trinajstić information content (AvgIpc) is 3.46. The fourth-order valence-electron chi connectivity index (χ4n) is 4.16. The first-order valence-corrected chi connectivity index (χ1v) is 10.8. The molecule has 1 N–H and O–H groups in total. The van der Waals surface area contributed by atoms with Crippen LogP contribution in [0.15, 0.2) is 78.0 Å². The summed E-state index contributed by atoms with van der Waals surface area (Å²) in [4.78, 5) is 17.8. The van der Waals surface area contributed by atoms with Gasteiger partial charge in [0.25, 0.3) is 5.56 Å². The Balaban J connectivity index is 1.58. The monoisotopic (exact) mass is 434 g/mol. The van der Waals surface area contributed by atoms with Gasteiger partial charge in [-0.25, -0.2) is 9.50 Å². The first-order valence-electron chi connectivity index (χ1n) is 10.8. The van der Waals surface area contributed by atoms with Crippen LogP contribution in [0, 0.1) is 11.3 Å². The number of benzene rings is 2. The second kappa shape index (κ2) is 8.24. The lowest BCUT2D eigenvalue weighted by atomic mass is 9.99. The van der Waals surface area contributed by atoms with Crippen LogP contribution >= 0.6 is 0 Å². The lowest BCUT2D eigenvalue weighted by molar-refractivity contribution is 0.688. The number of nitrogens with zero attached hydrogens (tertiary/aromatic N) is 5. The molecule has 0 atom stereocenters. The maximum absolute atomic E-state index is 13.1. The van der Waals surface area contributed by atoms with E-state index in [0.717, 1.165) is 22.3 Å². The summed E-state index contributed by atoms with van der Waals surface area (Å²) >= 11 is 0. The van der Waals surface area contributed by atoms with Crippen LogP contribution in [-0.2, 0) is 6.54 Å². The smallest absolute Gasteiger partial charge is 0.276 e. The highest BCUT2D eigenvalue weighted by molar-refractivity contribution is 5.68. The van der Waals surface area contributed by atoms with Crippen molar-refractivity contribution in [2.24, 2.45) is 0 Å². The Morgan fingerprint density at radius 3 is 2.58 bits per heavy atom. The predicted octanol–water partition coefficient (Wildman–Crippen LogP) is 4.60. The molecule has 5 aromatic rings. The van der Waals surface area contributed by atoms with Gasteiger partial charge in [0.2, 0.25) is 0 Å². The Bertz CT molecular complexity index is 1550. The summed E-state index contributed by atoms with van der Waals surface area (Å²) in [5.74, 6) is -0.0482. The molecule has 0 bridgehead atoms. The maximum Gasteiger partial charge on any atom is 0.276 e. The summed E-state index contributed by atoms with van der Waals surface area (Å²) < 4.78 is 3.19. The molecule has 7 nitrogen and oxygen atoms in total. The molecule has 0 fully saturated rings. The molecule has 0 unspecified atom stereocenters. The Kier molecular flexibility index (Phi) is 5.11. The molecule has 33 heavy (non-hydrogen) atoms. The number of H-pyrrole nitrogens is 1. The third-order valence-electron chi connectivity index (χ3n) is 5.74. The molecule has 162 valence electrons. The van der Waals surface area contributed by atoms with Crippen molar-refractivity contribution in [3.63, 3.8) is 0 Å². The zero-order chi connectivity index (χ0) is 22.9. The number of nitrogens with one attached hydrogen (secondary N) is 1. The van der Waals surface area contributed by atoms with E-state index in [9.17, 15) is 10.1 Å². The van der Waals surface area contributed by atoms with E-state index in [1.54, 1.807) is 6.20 Å². The van der Waals surface area contributed by atoms with Gasteiger partial charge in [0.15, 0.2) is 5.65 Å². The van der Waals surface area contributed by atoms with Gasteiger partial charge < -0.3 is 0 Å². The Morgan fingerprint density at radius 2 is 1.82 bits per heavy atom. The lowest BCUT2D eigenvalue weighted by Crippen LogP contribution is -2.22. The first-order chi connectivity index (χ1) is 16.1. The molecule has 3 aromatic heterocycles. The highest BCUT2D eigenvalue weighted by Gasteiger charge is 2.21. The molecular weight excluding hydrogens is 412 g/mol. The zero-order valence-electron chi connectivity index (χ0n) is 18.4. The van der Waals surface area contributed by atoms with Crippen LogP contribution < -0.4 is 5.56 Å². The molecule has 2 aromatic carbocycles. The van der Waals surface area contributed by atoms with Crippen LogP contribution in [0.4, 0.5) is 0 Å². The number of nitriles is 1. The summed E-state index contributed by atoms with van der Waals surface area (Å²) in [6, 6.07) is 20.6. The molecular formula is C26H22N6O. The number of rotatable bonds is 5. The topological polar surface area (TPSA) is 91.8 Å². The SMILES string of the molecule is CC(C)c1c(-c2cnn(Cc3ccccc3-c3ccccc3)c2)nc2c(C#N)c[nH]n2c1=O. The second-order valence-corrected chi connectivity index (χ2v) is 8.24. The van der Waals surface area contributed by atoms with Crippen molar-refractivity contribution in [1.29, 1.82) is 5.26 Å². The maximum atomic E-state index is 13.1. The normalized spacial score (nSPS) is 11.2. The van der Waals surface area contributed by atoms with Gasteiger partial charge in [0, 0.05) is 23.5 Å². The van der Waals surface area contributed by atoms with Crippen molar-refractivity contribution in [2.75, 3.05) is 0 Å². The van der Waals surface area contributed by atoms with E-state index >= 15 is 0 Å². The van der Waals surface area contributed by atoms with Gasteiger partial charge in [-0.2, -0.15) is 10.4 Å². The number of hydrogen-bond donors (Lipinski definition) is 1. The average molecular weight is 435 g/mol. The van der Waals surface area contributed by atoms with Crippen LogP contribution in [0.1, 0.15) is 36.5 Å². The van der Waals surface area contributed by atoms with Crippen molar-refractivity contribution in [3.8, 4) is 28.5 Å². The molecule has 0 saturated carbocycles. The van der Waals surface area contributed by atoms with Crippen LogP contribution in [0.5, 0.6) is 0 Å². The van der Waals surface area contributed by atoms with Gasteiger partial charge in [0.05, 0.1) is 18.4 Å². The summed E-state index contributed by atoms with van der Waals surface area (Å²) in [7, 11) is 0. The van der Waals surface area contributed by atoms with E-state index in [0.29, 0.717) is 29.0 Å². The molecule has 7 heteroatoms. The minimum Gasteiger partial charge on any atom is -0.295 e. The van der Waals surface area contributed by atoms with Gasteiger partial charge in [-0.15, -0.1) is 0 Å². The van der Waals surface area contributed by atoms with E-state index in [1.807, 2.05) is 55.1 Å². The van der Waals surface area contributed by atoms with Gasteiger partial charge in [0.1, 0.15) is 11.6 Å². The first kappa shape index (κ1) is 20.5. The molecule has 0 aliphatic carbocycles. The van der Waals surface area contributed by atoms with E-state index in [2.05, 4.69) is 40.5 Å². The molecule has 0 saturated heterocycles. The molecule has 0 spiro atoms. The number of aromatic nitrogens is 5. The quantitative estimate of drug-likeness (QED) is 0.438. The zero-order valence-corrected chi connectivity index (χ0v) is 18.4. The lowest BCUT2D eigenvalue weighted by Gasteiger charge is -2.11. The Hall–Kier alpha value is -4.44. The van der Waals surface area contributed by atoms with E-state index in [4.69, 9.17) is 4.98 Å². The molecule has 5 rings (SSSR count). The van der Waals surface area contributed by atoms with Crippen molar-refractivity contribution < 1.29 is 0 Å². The molecule has 0 aliphatic rings. The summed E-state index contributed by atoms with van der Waals surface area (Å²) in [5.41, 5.74) is 5.80. The van der Waals surface area contributed by atoms with E-state index < -0.39 is 0 Å². The summed E-state index contributed by atoms with van der Waals surface area (Å²) in [6.07, 6.45) is 5.14. The van der Waals surface area contributed by atoms with Crippen LogP contribution in [0.3, 0.4) is 0 Å². The van der Waals surface area contributed by atoms with E-state index in [1.165, 1.54) is 10.7 Å². The van der Waals surface area contributed by atoms with Crippen molar-refractivity contribution in [3.05, 3.63) is 100 Å². The molecule has 0 aliphatic heterocycles. The predicted molar refractivity (Wildman–Crippen MR) is 127 cm³/mol. The van der Waals surface area contributed by atoms with E-state index in [-0.39, 0.29) is 11.5 Å². The van der Waals surface area contributed by atoms with Crippen LogP contribution in [0.25, 0.3) is 28.0 Å². The number of fused-ring (bicyclic) bond motifs is 1. The number of aromatic amines is 1. The summed E-state index contributed by atoms with van der Waals surface area (Å²) in [5, 5.41) is 16.8. The van der Waals surface area contributed by atoms with Crippen LogP contribution in [-0.4, -0.2) is 24.4 Å². The largest absolute Gasteiger partial charge is 0.295 e. The number of hydrogen-bond acceptors (Lipinski definition) is 4. The standard InChI is InChI=1S/C26H22N6O/c1-17(2)23-24(30-25-20(12-27)13-29-32(25)26(23)33)21-14-28-31(16-21)15-19-10-6-7-11-22(19)18-8-4-3-5-9-18/h3-11,13-14,16-17,29H,15H2,1-2H3. The van der Waals surface area contributed by atoms with Crippen molar-refractivity contribution in [1.82, 2.24) is 24.4 Å². The third-order valence-corrected chi connectivity index (χ3v) is 5.74. The minimum absolute atomic E-state index is 0.0482. The Morgan fingerprint density at radius 1 is 1.06 bits per heavy atom. The third kappa shape index (κ3) is 3.62. The fourth-order valence-corrected chi connectivity index (χ4v) is 4.16. The highest BCUT2D eigenvalue weighted by atomic mass is 16.1. The molecule has 3 heterocycles. The Labute approximate surface area is 190 Å². The fraction of sp³-hybridized carbons (Fsp3) is 0.154. The second-order valence-electron chi connectivity index (χ2n) is 8.24. The van der Waals surface area contributed by atoms with Gasteiger partial charge in [-0.1, -0.05) is 68.4 Å². The van der Waals surface area contributed by atoms with Crippen LogP contribution in [0.2, 0.25) is 0 Å². The van der Waals surface area contributed by atoms with Crippen molar-refractivity contribution in [2.45, 2.75) is 26.3 Å². The highest BCUT2D eigenvalue weighted by Crippen LogP contribution is 2.27. The minimum atomic E-state index is -0.200. The van der Waals surface area contributed by atoms with Gasteiger partial charge in [-0.05, 0) is 22.6 Å². The van der Waals surface area contributed by atoms with Gasteiger partial charge in [-0.3, -0.25) is 14.6 Å².